The van der Waals surface area contributed by atoms with Crippen molar-refractivity contribution in [2.45, 2.75) is 89.1 Å². The van der Waals surface area contributed by atoms with Crippen LogP contribution in [0.3, 0.4) is 0 Å². The second kappa shape index (κ2) is 11.0. The van der Waals surface area contributed by atoms with E-state index in [4.69, 9.17) is 5.26 Å². The third kappa shape index (κ3) is 7.96. The molecule has 0 aliphatic carbocycles. The molecule has 1 amide bonds. The zero-order chi connectivity index (χ0) is 16.2. The molecule has 1 aliphatic heterocycles. The maximum absolute atomic E-state index is 11.8. The minimum Gasteiger partial charge on any atom is -0.340 e. The van der Waals surface area contributed by atoms with E-state index < -0.39 is 12.1 Å². The predicted octanol–water partition coefficient (Wildman–Crippen LogP) is 3.33. The molecule has 1 fully saturated rings. The number of nitrogens with zero attached hydrogens (tertiary/aromatic N) is 2. The van der Waals surface area contributed by atoms with E-state index in [-0.39, 0.29) is 10.8 Å². The number of amides is 1. The monoisotopic (exact) mass is 309 g/mol. The highest BCUT2D eigenvalue weighted by molar-refractivity contribution is 5.76. The summed E-state index contributed by atoms with van der Waals surface area (Å²) in [5.74, 6) is -0.115. The number of hydrogen-bond donors (Lipinski definition) is 1. The van der Waals surface area contributed by atoms with Crippen LogP contribution in [0.2, 0.25) is 0 Å². The van der Waals surface area contributed by atoms with Gasteiger partial charge in [0.25, 0.3) is 0 Å². The van der Waals surface area contributed by atoms with Gasteiger partial charge in [0.2, 0.25) is 11.9 Å². The van der Waals surface area contributed by atoms with Gasteiger partial charge in [-0.15, -0.1) is 0 Å². The molecule has 2 unspecified atom stereocenters. The van der Waals surface area contributed by atoms with Crippen molar-refractivity contribution in [3.8, 4) is 6.07 Å². The number of nitriles is 1. The van der Waals surface area contributed by atoms with Crippen LogP contribution in [0.25, 0.3) is 0 Å². The summed E-state index contributed by atoms with van der Waals surface area (Å²) in [6.45, 7) is 0. The highest BCUT2D eigenvalue weighted by Crippen LogP contribution is 2.16. The maximum atomic E-state index is 11.8. The first kappa shape index (κ1) is 18.4. The Labute approximate surface area is 132 Å². The van der Waals surface area contributed by atoms with Crippen molar-refractivity contribution in [2.75, 3.05) is 0 Å². The Morgan fingerprint density at radius 3 is 2.18 bits per heavy atom. The molecule has 0 radical (unpaired) electrons. The lowest BCUT2D eigenvalue weighted by Gasteiger charge is -2.14. The SMILES string of the molecule is N#CC1CCC([N+](=O)[O-])CCCCCCCCCCC(=O)N1. The summed E-state index contributed by atoms with van der Waals surface area (Å²) in [5, 5.41) is 22.9. The first-order valence-corrected chi connectivity index (χ1v) is 8.46. The third-order valence-electron chi connectivity index (χ3n) is 4.27. The molecule has 2 atom stereocenters. The van der Waals surface area contributed by atoms with E-state index in [9.17, 15) is 14.9 Å². The van der Waals surface area contributed by atoms with Gasteiger partial charge in [0.15, 0.2) is 0 Å². The van der Waals surface area contributed by atoms with Gasteiger partial charge in [-0.25, -0.2) is 0 Å². The Kier molecular flexibility index (Phi) is 9.20. The van der Waals surface area contributed by atoms with Gasteiger partial charge in [0, 0.05) is 24.2 Å². The van der Waals surface area contributed by atoms with Gasteiger partial charge >= 0.3 is 0 Å². The standard InChI is InChI=1S/C16H27N3O3/c17-13-14-11-12-15(19(21)22)9-7-5-3-1-2-4-6-8-10-16(20)18-14/h14-15H,1-12H2,(H,18,20). The molecule has 22 heavy (non-hydrogen) atoms. The molecule has 1 N–H and O–H groups in total. The van der Waals surface area contributed by atoms with Crippen molar-refractivity contribution >= 4 is 5.91 Å². The predicted molar refractivity (Wildman–Crippen MR) is 83.7 cm³/mol. The average Bonchev–Trinajstić information content (AvgIpc) is 2.49. The van der Waals surface area contributed by atoms with E-state index in [1.807, 2.05) is 6.07 Å². The summed E-state index contributed by atoms with van der Waals surface area (Å²) in [6, 6.07) is 0.836. The van der Waals surface area contributed by atoms with E-state index in [1.54, 1.807) is 0 Å². The molecular formula is C16H27N3O3. The lowest BCUT2D eigenvalue weighted by molar-refractivity contribution is -0.524. The fraction of sp³-hybridized carbons (Fsp3) is 0.875. The summed E-state index contributed by atoms with van der Waals surface area (Å²) in [5.41, 5.74) is 0. The van der Waals surface area contributed by atoms with Gasteiger partial charge in [-0.2, -0.15) is 5.26 Å². The zero-order valence-electron chi connectivity index (χ0n) is 13.3. The van der Waals surface area contributed by atoms with Gasteiger partial charge in [-0.3, -0.25) is 14.9 Å². The average molecular weight is 309 g/mol. The first-order valence-electron chi connectivity index (χ1n) is 8.46. The summed E-state index contributed by atoms with van der Waals surface area (Å²) < 4.78 is 0. The minimum atomic E-state index is -0.608. The smallest absolute Gasteiger partial charge is 0.221 e. The molecule has 1 heterocycles. The van der Waals surface area contributed by atoms with Crippen LogP contribution in [0.15, 0.2) is 0 Å². The van der Waals surface area contributed by atoms with E-state index in [1.165, 1.54) is 12.8 Å². The molecule has 0 aromatic heterocycles. The van der Waals surface area contributed by atoms with Crippen LogP contribution in [0.5, 0.6) is 0 Å². The number of nitro groups is 1. The zero-order valence-corrected chi connectivity index (χ0v) is 13.3. The highest BCUT2D eigenvalue weighted by atomic mass is 16.6. The van der Waals surface area contributed by atoms with Crippen molar-refractivity contribution in [1.29, 1.82) is 5.26 Å². The minimum absolute atomic E-state index is 0.115. The largest absolute Gasteiger partial charge is 0.340 e. The molecule has 1 saturated heterocycles. The second-order valence-corrected chi connectivity index (χ2v) is 6.13. The molecule has 6 nitrogen and oxygen atoms in total. The Morgan fingerprint density at radius 1 is 1.00 bits per heavy atom. The van der Waals surface area contributed by atoms with Crippen LogP contribution >= 0.6 is 0 Å². The quantitative estimate of drug-likeness (QED) is 0.593. The Balaban J connectivity index is 2.54. The lowest BCUT2D eigenvalue weighted by Crippen LogP contribution is -2.35. The molecule has 1 rings (SSSR count). The van der Waals surface area contributed by atoms with Crippen molar-refractivity contribution in [2.24, 2.45) is 0 Å². The third-order valence-corrected chi connectivity index (χ3v) is 4.27. The van der Waals surface area contributed by atoms with E-state index in [2.05, 4.69) is 5.32 Å². The molecule has 6 heteroatoms. The molecule has 0 bridgehead atoms. The van der Waals surface area contributed by atoms with Gasteiger partial charge in [0.05, 0.1) is 6.07 Å². The second-order valence-electron chi connectivity index (χ2n) is 6.13. The van der Waals surface area contributed by atoms with Crippen molar-refractivity contribution in [3.63, 3.8) is 0 Å². The van der Waals surface area contributed by atoms with Crippen LogP contribution in [0.4, 0.5) is 0 Å². The molecule has 0 spiro atoms. The Morgan fingerprint density at radius 2 is 1.59 bits per heavy atom. The van der Waals surface area contributed by atoms with Crippen molar-refractivity contribution in [1.82, 2.24) is 5.32 Å². The molecule has 124 valence electrons. The number of rotatable bonds is 1. The molecule has 1 aliphatic rings. The summed E-state index contributed by atoms with van der Waals surface area (Å²) in [6.07, 6.45) is 10.1. The fourth-order valence-electron chi connectivity index (χ4n) is 2.88. The summed E-state index contributed by atoms with van der Waals surface area (Å²) in [4.78, 5) is 22.6. The lowest BCUT2D eigenvalue weighted by atomic mass is 9.99. The van der Waals surface area contributed by atoms with E-state index in [0.717, 1.165) is 38.5 Å². The topological polar surface area (TPSA) is 96.0 Å². The molecule has 0 saturated carbocycles. The molecular weight excluding hydrogens is 282 g/mol. The normalized spacial score (nSPS) is 26.6. The van der Waals surface area contributed by atoms with E-state index >= 15 is 0 Å². The fourth-order valence-corrected chi connectivity index (χ4v) is 2.88. The maximum Gasteiger partial charge on any atom is 0.221 e. The summed E-state index contributed by atoms with van der Waals surface area (Å²) in [7, 11) is 0. The van der Waals surface area contributed by atoms with Gasteiger partial charge < -0.3 is 5.32 Å². The summed E-state index contributed by atoms with van der Waals surface area (Å²) >= 11 is 0. The van der Waals surface area contributed by atoms with Crippen LogP contribution in [-0.2, 0) is 4.79 Å². The van der Waals surface area contributed by atoms with Crippen molar-refractivity contribution < 1.29 is 9.72 Å². The number of carbonyl (C=O) groups excluding carboxylic acids is 1. The van der Waals surface area contributed by atoms with Crippen LogP contribution in [0, 0.1) is 21.4 Å². The molecule has 0 aromatic rings. The van der Waals surface area contributed by atoms with E-state index in [0.29, 0.717) is 25.7 Å². The van der Waals surface area contributed by atoms with Crippen LogP contribution < -0.4 is 5.32 Å². The number of carbonyl (C=O) groups is 1. The van der Waals surface area contributed by atoms with Gasteiger partial charge in [-0.1, -0.05) is 38.5 Å². The Hall–Kier alpha value is -1.64. The first-order chi connectivity index (χ1) is 10.6. The van der Waals surface area contributed by atoms with Gasteiger partial charge in [0.1, 0.15) is 6.04 Å². The number of nitrogens with one attached hydrogen (secondary N) is 1. The van der Waals surface area contributed by atoms with Crippen LogP contribution in [0.1, 0.15) is 77.0 Å². The van der Waals surface area contributed by atoms with Gasteiger partial charge in [-0.05, 0) is 19.3 Å². The molecule has 0 aromatic carbocycles. The number of hydrogen-bond acceptors (Lipinski definition) is 4. The van der Waals surface area contributed by atoms with Crippen molar-refractivity contribution in [3.05, 3.63) is 10.1 Å². The highest BCUT2D eigenvalue weighted by Gasteiger charge is 2.22. The Bertz CT molecular complexity index is 393. The van der Waals surface area contributed by atoms with Crippen LogP contribution in [-0.4, -0.2) is 22.9 Å².